The molecule has 1 aliphatic heterocycles. The SMILES string of the molecule is CN1C[C@H](c2ccc(C(F)(F)F)cc2)[C@@](CO)(C(=O)Nc2cccc(F)c2F)C1=O. The number of aliphatic hydroxyl groups is 1. The standard InChI is InChI=1S/C20H17F5N2O3/c1-27-9-13(11-5-7-12(8-6-11)20(23,24)25)19(10-28,18(27)30)17(29)26-15-4-2-3-14(21)16(15)22/h2-8,13,28H,9-10H2,1H3,(H,26,29)/t13-,19+/m1/s1. The van der Waals surface area contributed by atoms with Gasteiger partial charge in [0.1, 0.15) is 0 Å². The maximum Gasteiger partial charge on any atom is 0.416 e. The van der Waals surface area contributed by atoms with Gasteiger partial charge in [0.15, 0.2) is 17.0 Å². The number of amides is 2. The van der Waals surface area contributed by atoms with E-state index in [1.807, 2.05) is 0 Å². The van der Waals surface area contributed by atoms with E-state index in [0.29, 0.717) is 0 Å². The number of nitrogens with zero attached hydrogens (tertiary/aromatic N) is 1. The van der Waals surface area contributed by atoms with Gasteiger partial charge in [0.2, 0.25) is 11.8 Å². The lowest BCUT2D eigenvalue weighted by Gasteiger charge is -2.30. The summed E-state index contributed by atoms with van der Waals surface area (Å²) in [6.45, 7) is -1.05. The minimum atomic E-state index is -4.57. The van der Waals surface area contributed by atoms with Crippen LogP contribution in [0.2, 0.25) is 0 Å². The average molecular weight is 428 g/mol. The van der Waals surface area contributed by atoms with Crippen LogP contribution in [0.1, 0.15) is 17.0 Å². The minimum Gasteiger partial charge on any atom is -0.395 e. The van der Waals surface area contributed by atoms with Crippen molar-refractivity contribution in [2.45, 2.75) is 12.1 Å². The van der Waals surface area contributed by atoms with E-state index in [2.05, 4.69) is 5.32 Å². The fourth-order valence-corrected chi connectivity index (χ4v) is 3.64. The zero-order valence-corrected chi connectivity index (χ0v) is 15.6. The molecular formula is C20H17F5N2O3. The number of halogens is 5. The van der Waals surface area contributed by atoms with E-state index in [0.717, 1.165) is 47.4 Å². The van der Waals surface area contributed by atoms with Crippen LogP contribution in [0.4, 0.5) is 27.6 Å². The van der Waals surface area contributed by atoms with E-state index in [-0.39, 0.29) is 12.1 Å². The van der Waals surface area contributed by atoms with Gasteiger partial charge in [0.05, 0.1) is 17.9 Å². The maximum absolute atomic E-state index is 14.0. The number of benzene rings is 2. The number of alkyl halides is 3. The van der Waals surface area contributed by atoms with Gasteiger partial charge in [-0.3, -0.25) is 9.59 Å². The van der Waals surface area contributed by atoms with Crippen LogP contribution in [0.3, 0.4) is 0 Å². The molecule has 0 aliphatic carbocycles. The zero-order valence-electron chi connectivity index (χ0n) is 15.6. The van der Waals surface area contributed by atoms with Crippen molar-refractivity contribution in [2.24, 2.45) is 5.41 Å². The van der Waals surface area contributed by atoms with Gasteiger partial charge in [0.25, 0.3) is 0 Å². The number of carbonyl (C=O) groups is 2. The Hall–Kier alpha value is -3.01. The summed E-state index contributed by atoms with van der Waals surface area (Å²) in [5.41, 5.74) is -3.34. The van der Waals surface area contributed by atoms with Gasteiger partial charge in [-0.05, 0) is 29.8 Å². The number of nitrogens with one attached hydrogen (secondary N) is 1. The van der Waals surface area contributed by atoms with Crippen molar-refractivity contribution >= 4 is 17.5 Å². The van der Waals surface area contributed by atoms with Gasteiger partial charge in [-0.15, -0.1) is 0 Å². The van der Waals surface area contributed by atoms with Crippen molar-refractivity contribution in [3.63, 3.8) is 0 Å². The van der Waals surface area contributed by atoms with Crippen molar-refractivity contribution in [2.75, 3.05) is 25.5 Å². The molecule has 1 fully saturated rings. The highest BCUT2D eigenvalue weighted by molar-refractivity contribution is 6.13. The molecule has 2 atom stereocenters. The van der Waals surface area contributed by atoms with Crippen LogP contribution in [-0.2, 0) is 15.8 Å². The van der Waals surface area contributed by atoms with Crippen LogP contribution in [0.5, 0.6) is 0 Å². The van der Waals surface area contributed by atoms with Crippen LogP contribution >= 0.6 is 0 Å². The van der Waals surface area contributed by atoms with Crippen LogP contribution in [-0.4, -0.2) is 42.0 Å². The fraction of sp³-hybridized carbons (Fsp3) is 0.300. The van der Waals surface area contributed by atoms with Crippen LogP contribution < -0.4 is 5.32 Å². The Balaban J connectivity index is 2.01. The quantitative estimate of drug-likeness (QED) is 0.581. The fourth-order valence-electron chi connectivity index (χ4n) is 3.64. The molecule has 0 unspecified atom stereocenters. The molecule has 30 heavy (non-hydrogen) atoms. The number of hydrogen-bond donors (Lipinski definition) is 2. The van der Waals surface area contributed by atoms with Crippen molar-refractivity contribution in [1.29, 1.82) is 0 Å². The summed E-state index contributed by atoms with van der Waals surface area (Å²) in [6, 6.07) is 6.94. The molecule has 1 saturated heterocycles. The smallest absolute Gasteiger partial charge is 0.395 e. The Morgan fingerprint density at radius 3 is 2.40 bits per heavy atom. The van der Waals surface area contributed by atoms with E-state index < -0.39 is 58.8 Å². The number of carbonyl (C=O) groups excluding carboxylic acids is 2. The average Bonchev–Trinajstić information content (AvgIpc) is 2.96. The maximum atomic E-state index is 14.0. The van der Waals surface area contributed by atoms with Crippen molar-refractivity contribution in [1.82, 2.24) is 4.90 Å². The normalized spacial score (nSPS) is 21.8. The van der Waals surface area contributed by atoms with E-state index in [1.54, 1.807) is 0 Å². The molecule has 2 aromatic carbocycles. The molecule has 1 heterocycles. The Morgan fingerprint density at radius 2 is 1.83 bits per heavy atom. The third-order valence-corrected chi connectivity index (χ3v) is 5.27. The summed E-state index contributed by atoms with van der Waals surface area (Å²) in [6.07, 6.45) is -4.57. The number of likely N-dealkylation sites (tertiary alicyclic amines) is 1. The zero-order chi connectivity index (χ0) is 22.3. The van der Waals surface area contributed by atoms with Gasteiger partial charge in [0, 0.05) is 19.5 Å². The highest BCUT2D eigenvalue weighted by atomic mass is 19.4. The number of rotatable bonds is 4. The van der Waals surface area contributed by atoms with Crippen molar-refractivity contribution in [3.05, 3.63) is 65.2 Å². The lowest BCUT2D eigenvalue weighted by Crippen LogP contribution is -2.48. The first-order chi connectivity index (χ1) is 14.0. The molecule has 2 N–H and O–H groups in total. The summed E-state index contributed by atoms with van der Waals surface area (Å²) >= 11 is 0. The van der Waals surface area contributed by atoms with Crippen LogP contribution in [0, 0.1) is 17.0 Å². The van der Waals surface area contributed by atoms with E-state index in [1.165, 1.54) is 7.05 Å². The van der Waals surface area contributed by atoms with Gasteiger partial charge >= 0.3 is 6.18 Å². The Labute approximate surface area is 168 Å². The summed E-state index contributed by atoms with van der Waals surface area (Å²) in [5.74, 6) is -5.46. The molecule has 5 nitrogen and oxygen atoms in total. The van der Waals surface area contributed by atoms with E-state index >= 15 is 0 Å². The first-order valence-electron chi connectivity index (χ1n) is 8.81. The highest BCUT2D eigenvalue weighted by Gasteiger charge is 2.58. The minimum absolute atomic E-state index is 0.0657. The molecule has 2 amide bonds. The molecule has 10 heteroatoms. The molecule has 0 spiro atoms. The van der Waals surface area contributed by atoms with Crippen molar-refractivity contribution in [3.8, 4) is 0 Å². The second kappa shape index (κ2) is 7.67. The molecule has 0 saturated carbocycles. The summed E-state index contributed by atoms with van der Waals surface area (Å²) in [7, 11) is 1.37. The molecule has 1 aliphatic rings. The van der Waals surface area contributed by atoms with Crippen LogP contribution in [0.15, 0.2) is 42.5 Å². The monoisotopic (exact) mass is 428 g/mol. The summed E-state index contributed by atoms with van der Waals surface area (Å²) in [5, 5.41) is 12.2. The Morgan fingerprint density at radius 1 is 1.20 bits per heavy atom. The van der Waals surface area contributed by atoms with Gasteiger partial charge in [-0.1, -0.05) is 18.2 Å². The first kappa shape index (κ1) is 21.7. The van der Waals surface area contributed by atoms with Gasteiger partial charge in [-0.2, -0.15) is 13.2 Å². The predicted octanol–water partition coefficient (Wildman–Crippen LogP) is 3.16. The van der Waals surface area contributed by atoms with Gasteiger partial charge < -0.3 is 15.3 Å². The highest BCUT2D eigenvalue weighted by Crippen LogP contribution is 2.45. The molecule has 0 bridgehead atoms. The second-order valence-corrected chi connectivity index (χ2v) is 7.04. The van der Waals surface area contributed by atoms with Crippen molar-refractivity contribution < 1.29 is 36.6 Å². The molecule has 160 valence electrons. The molecule has 3 rings (SSSR count). The van der Waals surface area contributed by atoms with Gasteiger partial charge in [-0.25, -0.2) is 8.78 Å². The lowest BCUT2D eigenvalue weighted by molar-refractivity contribution is -0.145. The largest absolute Gasteiger partial charge is 0.416 e. The summed E-state index contributed by atoms with van der Waals surface area (Å²) in [4.78, 5) is 27.0. The molecule has 2 aromatic rings. The third kappa shape index (κ3) is 3.51. The van der Waals surface area contributed by atoms with E-state index in [4.69, 9.17) is 0 Å². The number of hydrogen-bond acceptors (Lipinski definition) is 3. The molecule has 0 radical (unpaired) electrons. The van der Waals surface area contributed by atoms with Crippen LogP contribution in [0.25, 0.3) is 0 Å². The Kier molecular flexibility index (Phi) is 5.55. The van der Waals surface area contributed by atoms with E-state index in [9.17, 15) is 36.6 Å². The first-order valence-corrected chi connectivity index (χ1v) is 8.81. The number of aliphatic hydroxyl groups excluding tert-OH is 1. The topological polar surface area (TPSA) is 69.6 Å². The number of anilines is 1. The second-order valence-electron chi connectivity index (χ2n) is 7.04. The molecular weight excluding hydrogens is 411 g/mol. The third-order valence-electron chi connectivity index (χ3n) is 5.27. The summed E-state index contributed by atoms with van der Waals surface area (Å²) < 4.78 is 66.0. The molecule has 0 aromatic heterocycles. The number of likely N-dealkylation sites (N-methyl/N-ethyl adjacent to an activating group) is 1. The Bertz CT molecular complexity index is 977. The predicted molar refractivity (Wildman–Crippen MR) is 96.3 cm³/mol. The lowest BCUT2D eigenvalue weighted by atomic mass is 9.73.